The lowest BCUT2D eigenvalue weighted by atomic mass is 10.1. The first-order valence-corrected chi connectivity index (χ1v) is 8.95. The van der Waals surface area contributed by atoms with Crippen molar-refractivity contribution in [3.8, 4) is 0 Å². The van der Waals surface area contributed by atoms with E-state index in [0.717, 1.165) is 0 Å². The predicted molar refractivity (Wildman–Crippen MR) is 94.5 cm³/mol. The fourth-order valence-electron chi connectivity index (χ4n) is 2.28. The number of esters is 1. The van der Waals surface area contributed by atoms with E-state index in [0.29, 0.717) is 17.0 Å². The number of carbonyl (C=O) groups is 4. The molecule has 1 aliphatic heterocycles. The Morgan fingerprint density at radius 2 is 1.96 bits per heavy atom. The summed E-state index contributed by atoms with van der Waals surface area (Å²) in [6.45, 7) is 3.42. The van der Waals surface area contributed by atoms with Crippen molar-refractivity contribution >= 4 is 41.0 Å². The van der Waals surface area contributed by atoms with E-state index in [1.165, 1.54) is 18.7 Å². The third-order valence-corrected chi connectivity index (χ3v) is 4.90. The van der Waals surface area contributed by atoms with Gasteiger partial charge >= 0.3 is 5.97 Å². The molecule has 8 heteroatoms. The summed E-state index contributed by atoms with van der Waals surface area (Å²) in [6, 6.07) is 5.86. The number of nitrogens with one attached hydrogen (secondary N) is 2. The Bertz CT molecular complexity index is 674. The van der Waals surface area contributed by atoms with Gasteiger partial charge in [-0.3, -0.25) is 14.4 Å². The number of hydrogen-bond acceptors (Lipinski definition) is 6. The van der Waals surface area contributed by atoms with Crippen LogP contribution >= 0.6 is 11.8 Å². The zero-order chi connectivity index (χ0) is 18.4. The molecule has 0 saturated carbocycles. The van der Waals surface area contributed by atoms with Gasteiger partial charge < -0.3 is 15.4 Å². The molecule has 0 spiro atoms. The lowest BCUT2D eigenvalue weighted by Gasteiger charge is -2.27. The Labute approximate surface area is 149 Å². The summed E-state index contributed by atoms with van der Waals surface area (Å²) in [6.07, 6.45) is 0.000501. The number of Topliss-reactive ketones (excluding diaryl/α,β-unsaturated/α-hetero) is 1. The summed E-state index contributed by atoms with van der Waals surface area (Å²) < 4.78 is 4.88. The summed E-state index contributed by atoms with van der Waals surface area (Å²) in [5.41, 5.74) is 1.12. The monoisotopic (exact) mass is 364 g/mol. The maximum atomic E-state index is 12.1. The Morgan fingerprint density at radius 1 is 1.28 bits per heavy atom. The molecular weight excluding hydrogens is 344 g/mol. The minimum atomic E-state index is -0.670. The molecule has 0 unspecified atom stereocenters. The van der Waals surface area contributed by atoms with E-state index in [1.807, 2.05) is 0 Å². The van der Waals surface area contributed by atoms with Gasteiger partial charge in [-0.2, -0.15) is 0 Å². The van der Waals surface area contributed by atoms with Crippen molar-refractivity contribution in [3.63, 3.8) is 0 Å². The average Bonchev–Trinajstić information content (AvgIpc) is 2.57. The number of benzene rings is 1. The highest BCUT2D eigenvalue weighted by Crippen LogP contribution is 2.22. The topological polar surface area (TPSA) is 102 Å². The average molecular weight is 364 g/mol. The number of anilines is 1. The minimum absolute atomic E-state index is 0.000501. The van der Waals surface area contributed by atoms with Gasteiger partial charge in [-0.1, -0.05) is 0 Å². The van der Waals surface area contributed by atoms with E-state index in [1.54, 1.807) is 31.2 Å². The minimum Gasteiger partial charge on any atom is -0.464 e. The van der Waals surface area contributed by atoms with E-state index in [2.05, 4.69) is 10.6 Å². The van der Waals surface area contributed by atoms with Gasteiger partial charge in [0.15, 0.2) is 5.78 Å². The number of hydrogen-bond donors (Lipinski definition) is 2. The molecule has 1 saturated heterocycles. The molecule has 0 aliphatic carbocycles. The molecule has 0 radical (unpaired) electrons. The van der Waals surface area contributed by atoms with Crippen molar-refractivity contribution in [2.45, 2.75) is 31.6 Å². The molecule has 25 heavy (non-hydrogen) atoms. The molecule has 134 valence electrons. The molecular formula is C17H20N2O5S. The molecule has 2 amide bonds. The summed E-state index contributed by atoms with van der Waals surface area (Å²) in [7, 11) is 0. The van der Waals surface area contributed by atoms with E-state index in [9.17, 15) is 19.2 Å². The summed E-state index contributed by atoms with van der Waals surface area (Å²) in [4.78, 5) is 47.0. The number of thioether (sulfide) groups is 1. The van der Waals surface area contributed by atoms with Crippen LogP contribution < -0.4 is 10.6 Å². The van der Waals surface area contributed by atoms with Gasteiger partial charge in [-0.05, 0) is 38.1 Å². The van der Waals surface area contributed by atoms with Crippen LogP contribution in [0.3, 0.4) is 0 Å². The first kappa shape index (κ1) is 19.0. The van der Waals surface area contributed by atoms with Crippen LogP contribution in [0.1, 0.15) is 30.6 Å². The Balaban J connectivity index is 1.85. The van der Waals surface area contributed by atoms with E-state index >= 15 is 0 Å². The first-order chi connectivity index (χ1) is 11.9. The highest BCUT2D eigenvalue weighted by Gasteiger charge is 2.34. The molecule has 2 N–H and O–H groups in total. The number of rotatable bonds is 6. The molecule has 1 heterocycles. The number of carbonyl (C=O) groups excluding carboxylic acids is 4. The second kappa shape index (κ2) is 8.66. The van der Waals surface area contributed by atoms with Crippen LogP contribution in [0.15, 0.2) is 24.3 Å². The van der Waals surface area contributed by atoms with Crippen molar-refractivity contribution < 1.29 is 23.9 Å². The van der Waals surface area contributed by atoms with Gasteiger partial charge in [0, 0.05) is 23.4 Å². The van der Waals surface area contributed by atoms with E-state index in [4.69, 9.17) is 4.74 Å². The molecule has 1 fully saturated rings. The predicted octanol–water partition coefficient (Wildman–Crippen LogP) is 1.38. The van der Waals surface area contributed by atoms with Gasteiger partial charge in [-0.25, -0.2) is 4.79 Å². The standard InChI is InChI=1S/C17H20N2O5S/c1-3-24-17(23)13-9-25-14(16(22)19-13)8-15(21)18-12-6-4-11(5-7-12)10(2)20/h4-7,13-14H,3,8-9H2,1-2H3,(H,18,21)(H,19,22)/t13-,14-/m0/s1. The lowest BCUT2D eigenvalue weighted by molar-refractivity contribution is -0.146. The van der Waals surface area contributed by atoms with Crippen LogP contribution in [0.2, 0.25) is 0 Å². The Hall–Kier alpha value is -2.35. The van der Waals surface area contributed by atoms with Crippen LogP contribution in [0.25, 0.3) is 0 Å². The molecule has 1 aromatic carbocycles. The Kier molecular flexibility index (Phi) is 6.58. The highest BCUT2D eigenvalue weighted by atomic mass is 32.2. The van der Waals surface area contributed by atoms with Crippen LogP contribution in [0.4, 0.5) is 5.69 Å². The van der Waals surface area contributed by atoms with Crippen molar-refractivity contribution in [1.29, 1.82) is 0 Å². The van der Waals surface area contributed by atoms with E-state index in [-0.39, 0.29) is 30.6 Å². The fourth-order valence-corrected chi connectivity index (χ4v) is 3.42. The van der Waals surface area contributed by atoms with Gasteiger partial charge in [0.1, 0.15) is 6.04 Å². The summed E-state index contributed by atoms with van der Waals surface area (Å²) >= 11 is 1.26. The Morgan fingerprint density at radius 3 is 2.52 bits per heavy atom. The molecule has 0 aromatic heterocycles. The number of ether oxygens (including phenoxy) is 1. The van der Waals surface area contributed by atoms with Gasteiger partial charge in [0.25, 0.3) is 0 Å². The summed E-state index contributed by atoms with van der Waals surface area (Å²) in [5, 5.41) is 4.73. The van der Waals surface area contributed by atoms with Crippen LogP contribution in [-0.4, -0.2) is 47.2 Å². The third kappa shape index (κ3) is 5.32. The van der Waals surface area contributed by atoms with Crippen LogP contribution in [-0.2, 0) is 19.1 Å². The number of ketones is 1. The van der Waals surface area contributed by atoms with E-state index < -0.39 is 17.3 Å². The van der Waals surface area contributed by atoms with Crippen molar-refractivity contribution in [2.24, 2.45) is 0 Å². The van der Waals surface area contributed by atoms with Crippen molar-refractivity contribution in [1.82, 2.24) is 5.32 Å². The van der Waals surface area contributed by atoms with Crippen LogP contribution in [0, 0.1) is 0 Å². The molecule has 7 nitrogen and oxygen atoms in total. The van der Waals surface area contributed by atoms with Crippen molar-refractivity contribution in [3.05, 3.63) is 29.8 Å². The maximum Gasteiger partial charge on any atom is 0.329 e. The van der Waals surface area contributed by atoms with Gasteiger partial charge in [0.05, 0.1) is 11.9 Å². The molecule has 2 atom stereocenters. The smallest absolute Gasteiger partial charge is 0.329 e. The van der Waals surface area contributed by atoms with Crippen LogP contribution in [0.5, 0.6) is 0 Å². The SMILES string of the molecule is CCOC(=O)[C@@H]1CS[C@@H](CC(=O)Nc2ccc(C(C)=O)cc2)C(=O)N1. The third-order valence-electron chi connectivity index (χ3n) is 3.59. The largest absolute Gasteiger partial charge is 0.464 e. The quantitative estimate of drug-likeness (QED) is 0.584. The second-order valence-electron chi connectivity index (χ2n) is 5.52. The zero-order valence-electron chi connectivity index (χ0n) is 14.0. The molecule has 2 rings (SSSR count). The normalized spacial score (nSPS) is 19.7. The molecule has 0 bridgehead atoms. The second-order valence-corrected chi connectivity index (χ2v) is 6.76. The molecule has 1 aliphatic rings. The van der Waals surface area contributed by atoms with Crippen molar-refractivity contribution in [2.75, 3.05) is 17.7 Å². The lowest BCUT2D eigenvalue weighted by Crippen LogP contribution is -2.51. The van der Waals surface area contributed by atoms with Gasteiger partial charge in [0.2, 0.25) is 11.8 Å². The maximum absolute atomic E-state index is 12.1. The fraction of sp³-hybridized carbons (Fsp3) is 0.412. The zero-order valence-corrected chi connectivity index (χ0v) is 14.9. The molecule has 1 aromatic rings. The highest BCUT2D eigenvalue weighted by molar-refractivity contribution is 8.00. The van der Waals surface area contributed by atoms with Gasteiger partial charge in [-0.15, -0.1) is 11.8 Å². The first-order valence-electron chi connectivity index (χ1n) is 7.90. The number of amides is 2. The summed E-state index contributed by atoms with van der Waals surface area (Å²) in [5.74, 6) is -0.800.